The number of halogens is 1. The summed E-state index contributed by atoms with van der Waals surface area (Å²) in [5, 5.41) is 0. The van der Waals surface area contributed by atoms with Gasteiger partial charge < -0.3 is 38.7 Å². The van der Waals surface area contributed by atoms with E-state index in [2.05, 4.69) is 62.6 Å². The number of primary amides is 1. The number of fused-ring (bicyclic) bond motifs is 1. The van der Waals surface area contributed by atoms with Gasteiger partial charge >= 0.3 is 0 Å². The van der Waals surface area contributed by atoms with Gasteiger partial charge in [-0.25, -0.2) is 9.37 Å². The van der Waals surface area contributed by atoms with E-state index in [-0.39, 0.29) is 6.41 Å². The highest BCUT2D eigenvalue weighted by Gasteiger charge is 2.26. The van der Waals surface area contributed by atoms with Crippen molar-refractivity contribution in [2.24, 2.45) is 5.73 Å². The van der Waals surface area contributed by atoms with Gasteiger partial charge in [0, 0.05) is 50.0 Å². The van der Waals surface area contributed by atoms with Crippen LogP contribution in [0.25, 0.3) is 33.5 Å². The molecule has 4 heterocycles. The maximum absolute atomic E-state index is 14.1. The second-order valence-corrected chi connectivity index (χ2v) is 12.7. The van der Waals surface area contributed by atoms with E-state index in [1.165, 1.54) is 0 Å². The fraction of sp³-hybridized carbons (Fsp3) is 0.308. The molecule has 8 rings (SSSR count). The number of hydrogen-bond donors (Lipinski definition) is 1. The fourth-order valence-corrected chi connectivity index (χ4v) is 6.74. The molecule has 1 fully saturated rings. The summed E-state index contributed by atoms with van der Waals surface area (Å²) >= 11 is 0. The van der Waals surface area contributed by atoms with Gasteiger partial charge in [-0.15, -0.1) is 0 Å². The second-order valence-electron chi connectivity index (χ2n) is 12.7. The molecule has 51 heavy (non-hydrogen) atoms. The van der Waals surface area contributed by atoms with Gasteiger partial charge in [0.15, 0.2) is 5.58 Å². The molecule has 1 atom stereocenters. The van der Waals surface area contributed by atoms with E-state index >= 15 is 0 Å². The van der Waals surface area contributed by atoms with Crippen molar-refractivity contribution in [1.82, 2.24) is 14.5 Å². The molecule has 0 saturated carbocycles. The fourth-order valence-electron chi connectivity index (χ4n) is 6.74. The van der Waals surface area contributed by atoms with Crippen molar-refractivity contribution >= 4 is 40.2 Å². The number of hydrogen-bond acceptors (Lipinski definition) is 9. The van der Waals surface area contributed by atoms with Crippen LogP contribution in [0.15, 0.2) is 83.3 Å². The van der Waals surface area contributed by atoms with Crippen LogP contribution >= 0.6 is 0 Å². The number of imidazole rings is 1. The van der Waals surface area contributed by atoms with Crippen molar-refractivity contribution < 1.29 is 27.8 Å². The Labute approximate surface area is 295 Å². The summed E-state index contributed by atoms with van der Waals surface area (Å²) in [6.07, 6.45) is 1.92. The minimum atomic E-state index is -0.806. The first-order valence-electron chi connectivity index (χ1n) is 17.1. The number of ether oxygens (including phenoxy) is 3. The summed E-state index contributed by atoms with van der Waals surface area (Å²) in [4.78, 5) is 23.0. The van der Waals surface area contributed by atoms with E-state index in [1.54, 1.807) is 14.2 Å². The molecule has 2 aliphatic rings. The molecule has 11 nitrogen and oxygen atoms in total. The lowest BCUT2D eigenvalue weighted by Gasteiger charge is -2.21. The quantitative estimate of drug-likeness (QED) is 0.162. The zero-order valence-electron chi connectivity index (χ0n) is 28.8. The molecule has 1 amide bonds. The van der Waals surface area contributed by atoms with E-state index in [1.807, 2.05) is 36.4 Å². The standard InChI is InChI=1S/C38H38FN5O4.CH3NO/c1-45-30-10-5-25(6-11-30)22-43(23-26-7-12-31(46-2)13-8-26)38-41-32-19-27(9-14-34(32)48-38)37-40-33-20-29(42-17-15-28(39)24-42)21-35-36(33)44(37)16-3-4-18-47-35;2-1-3/h5-14,19-21,28H,3-4,15-18,22-24H2,1-2H3;1H,(H2,2,3). The summed E-state index contributed by atoms with van der Waals surface area (Å²) in [5.74, 6) is 3.29. The van der Waals surface area contributed by atoms with E-state index in [0.29, 0.717) is 50.8 Å². The van der Waals surface area contributed by atoms with Crippen molar-refractivity contribution in [2.45, 2.75) is 45.1 Å². The van der Waals surface area contributed by atoms with Crippen LogP contribution in [0.3, 0.4) is 0 Å². The number of nitrogens with zero attached hydrogens (tertiary/aromatic N) is 5. The molecule has 0 spiro atoms. The third-order valence-electron chi connectivity index (χ3n) is 9.29. The van der Waals surface area contributed by atoms with Crippen molar-refractivity contribution in [1.29, 1.82) is 0 Å². The molecular formula is C39H41FN6O5. The molecule has 264 valence electrons. The molecule has 0 bridgehead atoms. The predicted octanol–water partition coefficient (Wildman–Crippen LogP) is 6.89. The third-order valence-corrected chi connectivity index (χ3v) is 9.29. The summed E-state index contributed by atoms with van der Waals surface area (Å²) in [6, 6.07) is 26.8. The van der Waals surface area contributed by atoms with Gasteiger partial charge in [-0.2, -0.15) is 4.98 Å². The molecule has 0 aliphatic carbocycles. The number of carbonyl (C=O) groups is 1. The Bertz CT molecular complexity index is 2060. The van der Waals surface area contributed by atoms with E-state index < -0.39 is 6.17 Å². The number of carbonyl (C=O) groups excluding carboxylic acids is 1. The Morgan fingerprint density at radius 3 is 2.22 bits per heavy atom. The normalized spacial score (nSPS) is 15.4. The van der Waals surface area contributed by atoms with Gasteiger partial charge in [-0.3, -0.25) is 4.79 Å². The van der Waals surface area contributed by atoms with Crippen molar-refractivity contribution in [3.63, 3.8) is 0 Å². The van der Waals surface area contributed by atoms with Crippen molar-refractivity contribution in [3.8, 4) is 28.6 Å². The molecular weight excluding hydrogens is 651 g/mol. The van der Waals surface area contributed by atoms with Crippen LogP contribution in [0.1, 0.15) is 30.4 Å². The number of rotatable bonds is 9. The van der Waals surface area contributed by atoms with Crippen LogP contribution < -0.4 is 29.7 Å². The Morgan fingerprint density at radius 1 is 0.902 bits per heavy atom. The van der Waals surface area contributed by atoms with Gasteiger partial charge in [-0.05, 0) is 78.9 Å². The number of anilines is 2. The molecule has 2 aliphatic heterocycles. The minimum Gasteiger partial charge on any atom is -0.497 e. The smallest absolute Gasteiger partial charge is 0.298 e. The van der Waals surface area contributed by atoms with Gasteiger partial charge in [0.2, 0.25) is 6.41 Å². The highest BCUT2D eigenvalue weighted by atomic mass is 19.1. The van der Waals surface area contributed by atoms with Gasteiger partial charge in [0.25, 0.3) is 6.01 Å². The van der Waals surface area contributed by atoms with Crippen LogP contribution in [0, 0.1) is 0 Å². The molecule has 6 aromatic rings. The largest absolute Gasteiger partial charge is 0.497 e. The number of oxazole rings is 1. The minimum absolute atomic E-state index is 0.250. The van der Waals surface area contributed by atoms with Crippen LogP contribution in [0.2, 0.25) is 0 Å². The topological polar surface area (TPSA) is 121 Å². The lowest BCUT2D eigenvalue weighted by molar-refractivity contribution is -0.106. The number of alkyl halides is 1. The Kier molecular flexibility index (Phi) is 9.91. The Balaban J connectivity index is 0.00000131. The number of aryl methyl sites for hydroxylation is 1. The van der Waals surface area contributed by atoms with Crippen LogP contribution in [0.5, 0.6) is 17.2 Å². The summed E-state index contributed by atoms with van der Waals surface area (Å²) in [5.41, 5.74) is 11.6. The first-order chi connectivity index (χ1) is 25.0. The molecule has 2 aromatic heterocycles. The highest BCUT2D eigenvalue weighted by Crippen LogP contribution is 2.38. The average Bonchev–Trinajstić information content (AvgIpc) is 3.87. The average molecular weight is 693 g/mol. The summed E-state index contributed by atoms with van der Waals surface area (Å²) in [7, 11) is 3.34. The van der Waals surface area contributed by atoms with Crippen LogP contribution in [-0.4, -0.2) is 61.0 Å². The van der Waals surface area contributed by atoms with Crippen LogP contribution in [-0.2, 0) is 24.4 Å². The Hall–Kier alpha value is -5.78. The third kappa shape index (κ3) is 7.26. The van der Waals surface area contributed by atoms with E-state index in [4.69, 9.17) is 33.4 Å². The predicted molar refractivity (Wildman–Crippen MR) is 195 cm³/mol. The maximum Gasteiger partial charge on any atom is 0.298 e. The molecule has 0 radical (unpaired) electrons. The van der Waals surface area contributed by atoms with Gasteiger partial charge in [0.05, 0.1) is 26.3 Å². The monoisotopic (exact) mass is 692 g/mol. The number of amides is 1. The molecule has 2 N–H and O–H groups in total. The highest BCUT2D eigenvalue weighted by molar-refractivity contribution is 5.91. The zero-order valence-corrected chi connectivity index (χ0v) is 28.8. The second kappa shape index (κ2) is 15.0. The molecule has 1 saturated heterocycles. The maximum atomic E-state index is 14.1. The first-order valence-corrected chi connectivity index (χ1v) is 17.1. The van der Waals surface area contributed by atoms with Gasteiger partial charge in [0.1, 0.15) is 40.3 Å². The van der Waals surface area contributed by atoms with E-state index in [9.17, 15) is 4.39 Å². The first kappa shape index (κ1) is 33.7. The van der Waals surface area contributed by atoms with E-state index in [0.717, 1.165) is 81.4 Å². The van der Waals surface area contributed by atoms with Crippen LogP contribution in [0.4, 0.5) is 16.1 Å². The molecule has 12 heteroatoms. The summed E-state index contributed by atoms with van der Waals surface area (Å²) in [6.45, 7) is 3.77. The number of benzene rings is 4. The van der Waals surface area contributed by atoms with Crippen molar-refractivity contribution in [3.05, 3.63) is 90.0 Å². The summed E-state index contributed by atoms with van der Waals surface area (Å²) < 4.78 is 39.8. The number of methoxy groups -OCH3 is 2. The number of nitrogens with two attached hydrogens (primary N) is 1. The molecule has 4 aromatic carbocycles. The molecule has 1 unspecified atom stereocenters. The SMILES string of the molecule is COc1ccc(CN(Cc2ccc(OC)cc2)c2nc3cc(-c4nc5cc(N6CCC(F)C6)cc6c5n4CCCCO6)ccc3o2)cc1.NC=O. The Morgan fingerprint density at radius 2 is 1.59 bits per heavy atom. The number of aromatic nitrogens is 3. The van der Waals surface area contributed by atoms with Crippen molar-refractivity contribution in [2.75, 3.05) is 43.7 Å². The lowest BCUT2D eigenvalue weighted by Crippen LogP contribution is -2.22. The lowest BCUT2D eigenvalue weighted by atomic mass is 10.1. The van der Waals surface area contributed by atoms with Gasteiger partial charge in [-0.1, -0.05) is 24.3 Å². The zero-order chi connectivity index (χ0) is 35.3.